The summed E-state index contributed by atoms with van der Waals surface area (Å²) in [4.78, 5) is 28.4. The Hall–Kier alpha value is -3.89. The molecule has 4 aromatic rings. The van der Waals surface area contributed by atoms with Gasteiger partial charge >= 0.3 is 0 Å². The number of anilines is 1. The van der Waals surface area contributed by atoms with E-state index in [1.54, 1.807) is 60.7 Å². The second kappa shape index (κ2) is 10.4. The molecule has 1 heterocycles. The van der Waals surface area contributed by atoms with Crippen LogP contribution in [0.15, 0.2) is 98.3 Å². The molecule has 0 fully saturated rings. The zero-order chi connectivity index (χ0) is 25.9. The van der Waals surface area contributed by atoms with Crippen molar-refractivity contribution in [2.24, 2.45) is 0 Å². The summed E-state index contributed by atoms with van der Waals surface area (Å²) in [6.45, 7) is 3.23. The van der Waals surface area contributed by atoms with Gasteiger partial charge in [-0.25, -0.2) is 8.42 Å². The summed E-state index contributed by atoms with van der Waals surface area (Å²) in [5.41, 5.74) is 2.11. The van der Waals surface area contributed by atoms with Crippen LogP contribution in [0.1, 0.15) is 22.8 Å². The van der Waals surface area contributed by atoms with E-state index in [1.165, 1.54) is 25.1 Å². The smallest absolute Gasteiger partial charge is 0.237 e. The number of benzene rings is 3. The topological polar surface area (TPSA) is 123 Å². The summed E-state index contributed by atoms with van der Waals surface area (Å²) in [7, 11) is -6.37. The number of hydrogen-bond acceptors (Lipinski definition) is 7. The minimum atomic E-state index is -4.20. The number of hydrogen-bond donors (Lipinski definition) is 1. The van der Waals surface area contributed by atoms with Gasteiger partial charge in [-0.15, -0.1) is 0 Å². The third-order valence-corrected chi connectivity index (χ3v) is 8.22. The standard InChI is InChI=1S/C26H22N2O6S2/c1-17-11-13-22(14-12-17)36(32,33)25-26(34-24(28-25)19-7-4-3-5-8-19)35(31)16-23(30)27-21-10-6-9-20(15-21)18(2)29/h3-15H,16H2,1-2H3,(H,27,30)/t35-/m0/s1. The molecule has 1 atom stereocenters. The Morgan fingerprint density at radius 2 is 1.67 bits per heavy atom. The van der Waals surface area contributed by atoms with Crippen molar-refractivity contribution in [3.8, 4) is 11.5 Å². The van der Waals surface area contributed by atoms with Gasteiger partial charge in [-0.05, 0) is 50.2 Å². The van der Waals surface area contributed by atoms with Crippen LogP contribution in [0.5, 0.6) is 0 Å². The molecule has 0 radical (unpaired) electrons. The van der Waals surface area contributed by atoms with Crippen molar-refractivity contribution in [2.75, 3.05) is 11.1 Å². The molecule has 0 spiro atoms. The zero-order valence-electron chi connectivity index (χ0n) is 19.4. The van der Waals surface area contributed by atoms with Crippen molar-refractivity contribution < 1.29 is 26.6 Å². The molecule has 0 aliphatic heterocycles. The molecule has 3 aromatic carbocycles. The lowest BCUT2D eigenvalue weighted by Gasteiger charge is -2.07. The molecule has 1 aromatic heterocycles. The first-order valence-electron chi connectivity index (χ1n) is 10.8. The van der Waals surface area contributed by atoms with Crippen LogP contribution in [-0.4, -0.2) is 35.1 Å². The van der Waals surface area contributed by atoms with Crippen molar-refractivity contribution in [3.63, 3.8) is 0 Å². The summed E-state index contributed by atoms with van der Waals surface area (Å²) in [5.74, 6) is -1.43. The summed E-state index contributed by atoms with van der Waals surface area (Å²) in [5, 5.41) is 1.66. The number of nitrogens with one attached hydrogen (secondary N) is 1. The molecule has 36 heavy (non-hydrogen) atoms. The van der Waals surface area contributed by atoms with Gasteiger partial charge in [-0.2, -0.15) is 4.98 Å². The van der Waals surface area contributed by atoms with Crippen molar-refractivity contribution >= 4 is 38.0 Å². The highest BCUT2D eigenvalue weighted by molar-refractivity contribution is 7.92. The Labute approximate surface area is 210 Å². The van der Waals surface area contributed by atoms with E-state index < -0.39 is 42.4 Å². The number of sulfone groups is 1. The van der Waals surface area contributed by atoms with E-state index in [4.69, 9.17) is 4.42 Å². The molecule has 184 valence electrons. The van der Waals surface area contributed by atoms with Crippen molar-refractivity contribution in [3.05, 3.63) is 90.0 Å². The second-order valence-electron chi connectivity index (χ2n) is 7.97. The van der Waals surface area contributed by atoms with Gasteiger partial charge in [-0.3, -0.25) is 13.8 Å². The minimum Gasteiger partial charge on any atom is -0.426 e. The fraction of sp³-hybridized carbons (Fsp3) is 0.115. The van der Waals surface area contributed by atoms with Crippen LogP contribution in [0, 0.1) is 6.92 Å². The van der Waals surface area contributed by atoms with Crippen LogP contribution in [-0.2, 0) is 25.4 Å². The highest BCUT2D eigenvalue weighted by Gasteiger charge is 2.32. The van der Waals surface area contributed by atoms with Crippen molar-refractivity contribution in [2.45, 2.75) is 28.9 Å². The molecule has 0 saturated carbocycles. The Bertz CT molecular complexity index is 1560. The highest BCUT2D eigenvalue weighted by atomic mass is 32.2. The average Bonchev–Trinajstić information content (AvgIpc) is 3.32. The number of oxazole rings is 1. The molecule has 1 amide bonds. The normalized spacial score (nSPS) is 12.2. The minimum absolute atomic E-state index is 0.0285. The summed E-state index contributed by atoms with van der Waals surface area (Å²) in [6, 6.07) is 21.0. The number of rotatable bonds is 8. The van der Waals surface area contributed by atoms with E-state index in [9.17, 15) is 22.2 Å². The SMILES string of the molecule is CC(=O)c1cccc(NC(=O)C[S@](=O)c2oc(-c3ccccc3)nc2S(=O)(=O)c2ccc(C)cc2)c1. The van der Waals surface area contributed by atoms with Crippen LogP contribution >= 0.6 is 0 Å². The number of aryl methyl sites for hydroxylation is 1. The van der Waals surface area contributed by atoms with E-state index >= 15 is 0 Å². The number of aromatic nitrogens is 1. The highest BCUT2D eigenvalue weighted by Crippen LogP contribution is 2.31. The van der Waals surface area contributed by atoms with Crippen LogP contribution in [0.3, 0.4) is 0 Å². The first-order chi connectivity index (χ1) is 17.1. The lowest BCUT2D eigenvalue weighted by atomic mass is 10.1. The Morgan fingerprint density at radius 1 is 0.972 bits per heavy atom. The van der Waals surface area contributed by atoms with Gasteiger partial charge in [0.05, 0.1) is 4.90 Å². The molecule has 4 rings (SSSR count). The monoisotopic (exact) mass is 522 g/mol. The van der Waals surface area contributed by atoms with Crippen LogP contribution in [0.2, 0.25) is 0 Å². The largest absolute Gasteiger partial charge is 0.426 e. The number of amides is 1. The Balaban J connectivity index is 1.67. The summed E-state index contributed by atoms with van der Waals surface area (Å²) in [6.07, 6.45) is 0. The lowest BCUT2D eigenvalue weighted by molar-refractivity contribution is -0.113. The maximum absolute atomic E-state index is 13.4. The van der Waals surface area contributed by atoms with Gasteiger partial charge in [0.25, 0.3) is 0 Å². The number of ketones is 1. The van der Waals surface area contributed by atoms with E-state index in [2.05, 4.69) is 10.3 Å². The molecule has 0 aliphatic carbocycles. The number of Topliss-reactive ketones (excluding diaryl/α,β-unsaturated/α-hetero) is 1. The van der Waals surface area contributed by atoms with Crippen LogP contribution < -0.4 is 5.32 Å². The molecular weight excluding hydrogens is 500 g/mol. The zero-order valence-corrected chi connectivity index (χ0v) is 21.1. The molecule has 0 saturated heterocycles. The van der Waals surface area contributed by atoms with Gasteiger partial charge in [0.1, 0.15) is 16.6 Å². The Kier molecular flexibility index (Phi) is 7.27. The van der Waals surface area contributed by atoms with Crippen molar-refractivity contribution in [1.29, 1.82) is 0 Å². The number of nitrogens with zero attached hydrogens (tertiary/aromatic N) is 1. The fourth-order valence-corrected chi connectivity index (χ4v) is 5.98. The first-order valence-corrected chi connectivity index (χ1v) is 13.6. The molecule has 1 N–H and O–H groups in total. The molecule has 0 aliphatic rings. The van der Waals surface area contributed by atoms with E-state index in [1.807, 2.05) is 6.92 Å². The van der Waals surface area contributed by atoms with Gasteiger partial charge in [-0.1, -0.05) is 48.0 Å². The summed E-state index contributed by atoms with van der Waals surface area (Å²) >= 11 is 0. The molecule has 0 bridgehead atoms. The molecule has 8 nitrogen and oxygen atoms in total. The van der Waals surface area contributed by atoms with Gasteiger partial charge in [0.2, 0.25) is 31.8 Å². The van der Waals surface area contributed by atoms with Crippen LogP contribution in [0.4, 0.5) is 5.69 Å². The quantitative estimate of drug-likeness (QED) is 0.340. The maximum atomic E-state index is 13.4. The van der Waals surface area contributed by atoms with Gasteiger partial charge in [0, 0.05) is 16.8 Å². The van der Waals surface area contributed by atoms with E-state index in [0.717, 1.165) is 5.56 Å². The summed E-state index contributed by atoms with van der Waals surface area (Å²) < 4.78 is 45.7. The second-order valence-corrected chi connectivity index (χ2v) is 11.2. The Morgan fingerprint density at radius 3 is 2.33 bits per heavy atom. The fourth-order valence-electron chi connectivity index (χ4n) is 3.34. The molecular formula is C26H22N2O6S2. The van der Waals surface area contributed by atoms with E-state index in [0.29, 0.717) is 16.8 Å². The van der Waals surface area contributed by atoms with E-state index in [-0.39, 0.29) is 16.6 Å². The maximum Gasteiger partial charge on any atom is 0.237 e. The predicted molar refractivity (Wildman–Crippen MR) is 135 cm³/mol. The average molecular weight is 523 g/mol. The third kappa shape index (κ3) is 5.50. The third-order valence-electron chi connectivity index (χ3n) is 5.20. The molecule has 0 unspecified atom stereocenters. The first kappa shape index (κ1) is 25.2. The van der Waals surface area contributed by atoms with Gasteiger partial charge < -0.3 is 9.73 Å². The number of carbonyl (C=O) groups excluding carboxylic acids is 2. The van der Waals surface area contributed by atoms with Gasteiger partial charge in [0.15, 0.2) is 5.78 Å². The van der Waals surface area contributed by atoms with Crippen molar-refractivity contribution in [1.82, 2.24) is 4.98 Å². The lowest BCUT2D eigenvalue weighted by Crippen LogP contribution is -2.20. The predicted octanol–water partition coefficient (Wildman–Crippen LogP) is 4.43. The molecule has 10 heteroatoms. The number of carbonyl (C=O) groups is 2. The van der Waals surface area contributed by atoms with Crippen LogP contribution in [0.25, 0.3) is 11.5 Å².